The second-order valence-electron chi connectivity index (χ2n) is 12.4. The molecule has 2 nitrogen and oxygen atoms in total. The molecule has 34 heavy (non-hydrogen) atoms. The molecule has 0 saturated heterocycles. The van der Waals surface area contributed by atoms with Gasteiger partial charge in [0, 0.05) is 0 Å². The topological polar surface area (TPSA) is 60.0 Å². The van der Waals surface area contributed by atoms with E-state index in [1.54, 1.807) is 9.58 Å². The molecule has 0 amide bonds. The smallest absolute Gasteiger partial charge is 0.870 e. The van der Waals surface area contributed by atoms with E-state index >= 15 is 0 Å². The fourth-order valence-corrected chi connectivity index (χ4v) is 9.95. The molecule has 0 fully saturated rings. The van der Waals surface area contributed by atoms with E-state index in [-0.39, 0.29) is 11.0 Å². The third-order valence-corrected chi connectivity index (χ3v) is 14.6. The van der Waals surface area contributed by atoms with E-state index < -0.39 is 32.4 Å². The van der Waals surface area contributed by atoms with Gasteiger partial charge in [0.1, 0.15) is 0 Å². The summed E-state index contributed by atoms with van der Waals surface area (Å²) in [6.45, 7) is 4.58. The molecule has 0 radical (unpaired) electrons. The average molecular weight is 660 g/mol. The van der Waals surface area contributed by atoms with E-state index in [4.69, 9.17) is 0 Å². The van der Waals surface area contributed by atoms with Gasteiger partial charge in [-0.2, -0.15) is 0 Å². The van der Waals surface area contributed by atoms with Crippen molar-refractivity contribution in [2.45, 2.75) is 184 Å². The van der Waals surface area contributed by atoms with E-state index in [1.165, 1.54) is 128 Å². The van der Waals surface area contributed by atoms with Gasteiger partial charge in [-0.15, -0.1) is 0 Å². The zero-order valence-corrected chi connectivity index (χ0v) is 29.8. The molecule has 0 unspecified atom stereocenters. The van der Waals surface area contributed by atoms with E-state index in [1.807, 2.05) is 0 Å². The van der Waals surface area contributed by atoms with Crippen LogP contribution in [0.2, 0.25) is 41.3 Å². The molecule has 0 bridgehead atoms. The van der Waals surface area contributed by atoms with Gasteiger partial charge < -0.3 is 11.0 Å². The van der Waals surface area contributed by atoms with Crippen molar-refractivity contribution in [3.8, 4) is 0 Å². The minimum absolute atomic E-state index is 0. The Morgan fingerprint density at radius 2 is 0.676 bits per heavy atom. The molecule has 0 saturated carbocycles. The van der Waals surface area contributed by atoms with Crippen LogP contribution in [0.25, 0.3) is 0 Å². The summed E-state index contributed by atoms with van der Waals surface area (Å²) in [5.41, 5.74) is 7.56. The fourth-order valence-electron chi connectivity index (χ4n) is 4.15. The first-order valence-electron chi connectivity index (χ1n) is 14.7. The molecule has 0 aromatic carbocycles. The van der Waals surface area contributed by atoms with Gasteiger partial charge in [-0.1, -0.05) is 0 Å². The second-order valence-corrected chi connectivity index (χ2v) is 37.3. The van der Waals surface area contributed by atoms with E-state index in [0.29, 0.717) is 0 Å². The van der Waals surface area contributed by atoms with Crippen molar-refractivity contribution in [3.05, 3.63) is 0 Å². The van der Waals surface area contributed by atoms with Gasteiger partial charge in [-0.25, -0.2) is 0 Å². The van der Waals surface area contributed by atoms with Crippen LogP contribution in [0.5, 0.6) is 0 Å². The first kappa shape index (κ1) is 42.4. The largest absolute Gasteiger partial charge is 0.870 e. The molecule has 4 heteroatoms. The van der Waals surface area contributed by atoms with Gasteiger partial charge in [-0.3, -0.25) is 0 Å². The normalized spacial score (nSPS) is 11.3. The summed E-state index contributed by atoms with van der Waals surface area (Å²) in [7, 11) is 0. The first-order valence-corrected chi connectivity index (χ1v) is 31.2. The van der Waals surface area contributed by atoms with Crippen molar-refractivity contribution >= 4 is 32.4 Å². The fraction of sp³-hybridized carbons (Fsp3) is 1.00. The van der Waals surface area contributed by atoms with E-state index in [2.05, 4.69) is 45.6 Å². The van der Waals surface area contributed by atoms with Crippen LogP contribution in [-0.4, -0.2) is 43.3 Å². The Balaban J connectivity index is -0.000000250. The minimum Gasteiger partial charge on any atom is -0.870 e. The molecular formula is C30H70AsO2Sb. The van der Waals surface area contributed by atoms with Crippen LogP contribution >= 0.6 is 0 Å². The zero-order valence-electron chi connectivity index (χ0n) is 25.3. The van der Waals surface area contributed by atoms with Crippen molar-refractivity contribution in [1.29, 1.82) is 0 Å². The Morgan fingerprint density at radius 1 is 0.412 bits per heavy atom. The van der Waals surface area contributed by atoms with Crippen molar-refractivity contribution in [3.63, 3.8) is 0 Å². The molecule has 0 aliphatic carbocycles. The van der Waals surface area contributed by atoms with Gasteiger partial charge in [0.25, 0.3) is 0 Å². The predicted molar refractivity (Wildman–Crippen MR) is 164 cm³/mol. The van der Waals surface area contributed by atoms with Crippen molar-refractivity contribution in [1.82, 2.24) is 0 Å². The number of unbranched alkanes of at least 4 members (excludes halogenated alkanes) is 18. The van der Waals surface area contributed by atoms with Crippen LogP contribution in [0, 0.1) is 0 Å². The van der Waals surface area contributed by atoms with Crippen LogP contribution < -0.4 is 0 Å². The third-order valence-electron chi connectivity index (χ3n) is 6.36. The summed E-state index contributed by atoms with van der Waals surface area (Å²) in [6.07, 6.45) is 29.4. The molecule has 0 aromatic rings. The Labute approximate surface area is 225 Å². The van der Waals surface area contributed by atoms with Crippen LogP contribution in [0.3, 0.4) is 0 Å². The molecule has 0 aliphatic rings. The maximum Gasteiger partial charge on any atom is -0.870 e. The Hall–Kier alpha value is 1.30. The summed E-state index contributed by atoms with van der Waals surface area (Å²) >= 11 is -2.37. The monoisotopic (exact) mass is 658 g/mol. The summed E-state index contributed by atoms with van der Waals surface area (Å²) in [5, 5.41) is 1.56. The predicted octanol–water partition coefficient (Wildman–Crippen LogP) is 12.1. The van der Waals surface area contributed by atoms with Crippen LogP contribution in [0.4, 0.5) is 0 Å². The molecule has 0 atom stereocenters. The summed E-state index contributed by atoms with van der Waals surface area (Å²) in [4.78, 5) is 7.64. The Kier molecular flexibility index (Phi) is 38.0. The maximum atomic E-state index is 2.55. The molecule has 0 heterocycles. The molecule has 0 spiro atoms. The maximum absolute atomic E-state index is 2.55. The average Bonchev–Trinajstić information content (AvgIpc) is 2.70. The van der Waals surface area contributed by atoms with Crippen LogP contribution in [-0.2, 0) is 0 Å². The second kappa shape index (κ2) is 30.5. The van der Waals surface area contributed by atoms with Gasteiger partial charge >= 0.3 is 216 Å². The Morgan fingerprint density at radius 3 is 0.941 bits per heavy atom. The summed E-state index contributed by atoms with van der Waals surface area (Å²) in [6, 6.07) is 0. The van der Waals surface area contributed by atoms with Gasteiger partial charge in [0.15, 0.2) is 0 Å². The van der Waals surface area contributed by atoms with Crippen molar-refractivity contribution in [2.24, 2.45) is 0 Å². The Bertz CT molecular complexity index is 317. The first-order chi connectivity index (χ1) is 15.1. The molecular weight excluding hydrogens is 589 g/mol. The summed E-state index contributed by atoms with van der Waals surface area (Å²) < 4.78 is 1.59. The number of rotatable bonds is 22. The zero-order chi connectivity index (χ0) is 24.6. The molecule has 0 aromatic heterocycles. The SMILES string of the molecule is CCCCCCCCCCCC[As+](C)(C)C.CCCCCCCCCCC[CH2][Sb+]([CH3])([CH3])[CH3].[OH-].[OH-]. The number of hydrogen-bond acceptors (Lipinski definition) is 2. The van der Waals surface area contributed by atoms with Crippen LogP contribution in [0.15, 0.2) is 0 Å². The van der Waals surface area contributed by atoms with Crippen molar-refractivity contribution in [2.75, 3.05) is 0 Å². The van der Waals surface area contributed by atoms with E-state index in [9.17, 15) is 0 Å². The van der Waals surface area contributed by atoms with E-state index in [0.717, 1.165) is 0 Å². The third kappa shape index (κ3) is 46.6. The number of hydrogen-bond donors (Lipinski definition) is 0. The standard InChI is InChI=1S/C15H34As.C12H25.3CH3.2H2O.Sb/c1-5-6-7-8-9-10-11-12-13-14-15-16(2,3)4;1-3-5-7-9-11-12-10-8-6-4-2;;;;;;/h5-15H2,1-4H3;1,3-12H2,2H3;3*1H3;2*1H2;/q+1;;;;;;;+1/p-2. The molecule has 212 valence electrons. The van der Waals surface area contributed by atoms with Gasteiger partial charge in [-0.05, 0) is 0 Å². The molecule has 0 aliphatic heterocycles. The molecule has 0 rings (SSSR count). The van der Waals surface area contributed by atoms with Gasteiger partial charge in [0.05, 0.1) is 0 Å². The minimum atomic E-state index is -1.31. The van der Waals surface area contributed by atoms with Crippen LogP contribution in [0.1, 0.15) is 142 Å². The van der Waals surface area contributed by atoms with Gasteiger partial charge in [0.2, 0.25) is 0 Å². The summed E-state index contributed by atoms with van der Waals surface area (Å²) in [5.74, 6) is 0. The van der Waals surface area contributed by atoms with Crippen molar-refractivity contribution < 1.29 is 11.0 Å². The quantitative estimate of drug-likeness (QED) is 0.0858. The molecule has 2 N–H and O–H groups in total.